The Morgan fingerprint density at radius 1 is 1.35 bits per heavy atom. The zero-order valence-corrected chi connectivity index (χ0v) is 12.4. The Morgan fingerprint density at radius 3 is 2.55 bits per heavy atom. The number of halogens is 1. The summed E-state index contributed by atoms with van der Waals surface area (Å²) >= 11 is 0. The number of nitrogens with one attached hydrogen (secondary N) is 1. The fraction of sp³-hybridized carbons (Fsp3) is 0.462. The van der Waals surface area contributed by atoms with Gasteiger partial charge in [0.25, 0.3) is 0 Å². The molecule has 1 atom stereocenters. The molecule has 0 aromatic heterocycles. The third-order valence-corrected chi connectivity index (χ3v) is 4.22. The summed E-state index contributed by atoms with van der Waals surface area (Å²) in [5.74, 6) is -0.0903. The van der Waals surface area contributed by atoms with Gasteiger partial charge in [-0.3, -0.25) is 0 Å². The number of rotatable bonds is 6. The Balaban J connectivity index is 1.83. The lowest BCUT2D eigenvalue weighted by atomic mass is 10.2. The van der Waals surface area contributed by atoms with Crippen LogP contribution in [-0.4, -0.2) is 26.3 Å². The van der Waals surface area contributed by atoms with Crippen molar-refractivity contribution in [2.45, 2.75) is 25.5 Å². The van der Waals surface area contributed by atoms with E-state index >= 15 is 0 Å². The van der Waals surface area contributed by atoms with Crippen LogP contribution < -0.4 is 5.32 Å². The minimum Gasteiger partial charge on any atom is -0.445 e. The lowest BCUT2D eigenvalue weighted by Crippen LogP contribution is -2.40. The molecule has 20 heavy (non-hydrogen) atoms. The van der Waals surface area contributed by atoms with Crippen molar-refractivity contribution < 1.29 is 17.9 Å². The van der Waals surface area contributed by atoms with Gasteiger partial charge in [0.1, 0.15) is 6.61 Å². The lowest BCUT2D eigenvalue weighted by Gasteiger charge is -2.16. The Hall–Kier alpha value is -1.27. The maximum atomic E-state index is 11.7. The minimum atomic E-state index is -3.64. The van der Waals surface area contributed by atoms with E-state index in [2.05, 4.69) is 5.32 Å². The van der Waals surface area contributed by atoms with Gasteiger partial charge >= 0.3 is 6.09 Å². The standard InChI is InChI=1S/C13H16ClNO4S/c14-20(17,18)9-12(11-6-7-11)15-13(16)19-8-10-4-2-1-3-5-10/h1-5,11-12H,6-9H2,(H,15,16). The molecule has 7 heteroatoms. The van der Waals surface area contributed by atoms with Crippen molar-refractivity contribution in [2.75, 3.05) is 5.75 Å². The van der Waals surface area contributed by atoms with Crippen molar-refractivity contribution in [3.63, 3.8) is 0 Å². The summed E-state index contributed by atoms with van der Waals surface area (Å²) in [6, 6.07) is 8.79. The molecule has 1 unspecified atom stereocenters. The number of benzene rings is 1. The summed E-state index contributed by atoms with van der Waals surface area (Å²) in [5.41, 5.74) is 0.871. The van der Waals surface area contributed by atoms with Crippen LogP contribution >= 0.6 is 10.7 Å². The first-order valence-electron chi connectivity index (χ1n) is 6.33. The van der Waals surface area contributed by atoms with Gasteiger partial charge in [-0.15, -0.1) is 0 Å². The topological polar surface area (TPSA) is 72.5 Å². The molecule has 2 rings (SSSR count). The highest BCUT2D eigenvalue weighted by Crippen LogP contribution is 2.33. The number of alkyl carbamates (subject to hydrolysis) is 1. The van der Waals surface area contributed by atoms with Crippen LogP contribution in [0.4, 0.5) is 4.79 Å². The molecule has 0 heterocycles. The first-order chi connectivity index (χ1) is 9.44. The summed E-state index contributed by atoms with van der Waals surface area (Å²) in [5, 5.41) is 2.58. The van der Waals surface area contributed by atoms with Crippen LogP contribution in [0.3, 0.4) is 0 Å². The van der Waals surface area contributed by atoms with Crippen molar-refractivity contribution in [2.24, 2.45) is 5.92 Å². The normalized spacial score (nSPS) is 16.4. The van der Waals surface area contributed by atoms with E-state index in [1.807, 2.05) is 30.3 Å². The van der Waals surface area contributed by atoms with Gasteiger partial charge in [-0.1, -0.05) is 30.3 Å². The molecule has 1 fully saturated rings. The van der Waals surface area contributed by atoms with Gasteiger partial charge in [-0.05, 0) is 24.3 Å². The first kappa shape index (κ1) is 15.1. The van der Waals surface area contributed by atoms with Crippen molar-refractivity contribution in [3.8, 4) is 0 Å². The molecule has 5 nitrogen and oxygen atoms in total. The fourth-order valence-corrected chi connectivity index (χ4v) is 3.12. The number of carbonyl (C=O) groups excluding carboxylic acids is 1. The molecular weight excluding hydrogens is 302 g/mol. The average molecular weight is 318 g/mol. The van der Waals surface area contributed by atoms with Crippen LogP contribution in [0.2, 0.25) is 0 Å². The summed E-state index contributed by atoms with van der Waals surface area (Å²) in [6.07, 6.45) is 1.18. The van der Waals surface area contributed by atoms with Crippen molar-refractivity contribution in [3.05, 3.63) is 35.9 Å². The number of hydrogen-bond donors (Lipinski definition) is 1. The molecule has 0 radical (unpaired) electrons. The Bertz CT molecular complexity index is 557. The van der Waals surface area contributed by atoms with Crippen molar-refractivity contribution in [1.29, 1.82) is 0 Å². The number of hydrogen-bond acceptors (Lipinski definition) is 4. The predicted molar refractivity (Wildman–Crippen MR) is 75.9 cm³/mol. The minimum absolute atomic E-state index is 0.150. The molecule has 0 bridgehead atoms. The lowest BCUT2D eigenvalue weighted by molar-refractivity contribution is 0.135. The van der Waals surface area contributed by atoms with Gasteiger partial charge in [0, 0.05) is 10.7 Å². The summed E-state index contributed by atoms with van der Waals surface area (Å²) < 4.78 is 27.3. The second-order valence-corrected chi connectivity index (χ2v) is 7.68. The van der Waals surface area contributed by atoms with Crippen LogP contribution in [0.15, 0.2) is 30.3 Å². The summed E-state index contributed by atoms with van der Waals surface area (Å²) in [4.78, 5) is 11.7. The molecule has 1 amide bonds. The van der Waals surface area contributed by atoms with E-state index in [0.717, 1.165) is 18.4 Å². The van der Waals surface area contributed by atoms with E-state index in [-0.39, 0.29) is 18.3 Å². The van der Waals surface area contributed by atoms with Crippen LogP contribution in [0.5, 0.6) is 0 Å². The van der Waals surface area contributed by atoms with Gasteiger partial charge in [0.05, 0.1) is 11.8 Å². The Kier molecular flexibility index (Phi) is 4.88. The van der Waals surface area contributed by atoms with Crippen molar-refractivity contribution >= 4 is 25.8 Å². The summed E-state index contributed by atoms with van der Waals surface area (Å²) in [7, 11) is 1.60. The van der Waals surface area contributed by atoms with Crippen LogP contribution in [0.25, 0.3) is 0 Å². The fourth-order valence-electron chi connectivity index (χ4n) is 1.92. The quantitative estimate of drug-likeness (QED) is 0.817. The predicted octanol–water partition coefficient (Wildman–Crippen LogP) is 2.26. The van der Waals surface area contributed by atoms with E-state index in [4.69, 9.17) is 15.4 Å². The number of amides is 1. The second kappa shape index (κ2) is 6.45. The van der Waals surface area contributed by atoms with E-state index < -0.39 is 21.2 Å². The molecule has 0 saturated heterocycles. The first-order valence-corrected chi connectivity index (χ1v) is 8.81. The highest BCUT2D eigenvalue weighted by atomic mass is 35.7. The molecule has 110 valence electrons. The van der Waals surface area contributed by atoms with E-state index in [0.29, 0.717) is 0 Å². The molecular formula is C13H16ClNO4S. The van der Waals surface area contributed by atoms with Crippen molar-refractivity contribution in [1.82, 2.24) is 5.32 Å². The highest BCUT2D eigenvalue weighted by Gasteiger charge is 2.35. The third-order valence-electron chi connectivity index (χ3n) is 3.09. The van der Waals surface area contributed by atoms with Gasteiger partial charge in [0.15, 0.2) is 0 Å². The molecule has 1 N–H and O–H groups in total. The zero-order valence-electron chi connectivity index (χ0n) is 10.8. The largest absolute Gasteiger partial charge is 0.445 e. The zero-order chi connectivity index (χ0) is 14.6. The SMILES string of the molecule is O=C(NC(CS(=O)(=O)Cl)C1CC1)OCc1ccccc1. The monoisotopic (exact) mass is 317 g/mol. The molecule has 1 saturated carbocycles. The average Bonchev–Trinajstić information content (AvgIpc) is 3.19. The number of carbonyl (C=O) groups is 1. The molecule has 1 aromatic carbocycles. The Labute approximate surface area is 122 Å². The van der Waals surface area contributed by atoms with E-state index in [9.17, 15) is 13.2 Å². The molecule has 1 aromatic rings. The maximum absolute atomic E-state index is 11.7. The van der Waals surface area contributed by atoms with E-state index in [1.54, 1.807) is 0 Å². The number of ether oxygens (including phenoxy) is 1. The maximum Gasteiger partial charge on any atom is 0.407 e. The molecule has 1 aliphatic carbocycles. The smallest absolute Gasteiger partial charge is 0.407 e. The van der Waals surface area contributed by atoms with Gasteiger partial charge in [-0.2, -0.15) is 0 Å². The van der Waals surface area contributed by atoms with Gasteiger partial charge < -0.3 is 10.1 Å². The molecule has 0 spiro atoms. The Morgan fingerprint density at radius 2 is 2.00 bits per heavy atom. The van der Waals surface area contributed by atoms with Gasteiger partial charge in [-0.25, -0.2) is 13.2 Å². The summed E-state index contributed by atoms with van der Waals surface area (Å²) in [6.45, 7) is 0.150. The third kappa shape index (κ3) is 5.38. The van der Waals surface area contributed by atoms with Crippen LogP contribution in [0.1, 0.15) is 18.4 Å². The second-order valence-electron chi connectivity index (χ2n) is 4.86. The van der Waals surface area contributed by atoms with Crippen LogP contribution in [-0.2, 0) is 20.4 Å². The van der Waals surface area contributed by atoms with E-state index in [1.165, 1.54) is 0 Å². The van der Waals surface area contributed by atoms with Gasteiger partial charge in [0.2, 0.25) is 9.05 Å². The molecule has 0 aliphatic heterocycles. The van der Waals surface area contributed by atoms with Crippen LogP contribution in [0, 0.1) is 5.92 Å². The highest BCUT2D eigenvalue weighted by molar-refractivity contribution is 8.13. The molecule has 1 aliphatic rings.